The van der Waals surface area contributed by atoms with Gasteiger partial charge in [-0.2, -0.15) is 4.98 Å². The third kappa shape index (κ3) is 2.04. The summed E-state index contributed by atoms with van der Waals surface area (Å²) in [5.74, 6) is -0.181. The SMILES string of the molecule is Nc1ncc2cc(-c3ccc(F)cc3)c(=O)n(C3CC3)c2n1. The highest BCUT2D eigenvalue weighted by Crippen LogP contribution is 2.36. The molecule has 1 fully saturated rings. The fourth-order valence-electron chi connectivity index (χ4n) is 2.64. The Kier molecular flexibility index (Phi) is 2.72. The van der Waals surface area contributed by atoms with Crippen LogP contribution in [0.15, 0.2) is 41.3 Å². The van der Waals surface area contributed by atoms with Crippen molar-refractivity contribution >= 4 is 17.0 Å². The number of anilines is 1. The Morgan fingerprint density at radius 1 is 1.23 bits per heavy atom. The second-order valence-electron chi connectivity index (χ2n) is 5.48. The predicted octanol–water partition coefficient (Wildman–Crippen LogP) is 2.51. The van der Waals surface area contributed by atoms with E-state index in [1.165, 1.54) is 12.1 Å². The van der Waals surface area contributed by atoms with E-state index in [1.54, 1.807) is 29.0 Å². The molecule has 2 aromatic heterocycles. The average molecular weight is 296 g/mol. The quantitative estimate of drug-likeness (QED) is 0.788. The number of hydrogen-bond acceptors (Lipinski definition) is 4. The summed E-state index contributed by atoms with van der Waals surface area (Å²) in [7, 11) is 0. The minimum atomic E-state index is -0.330. The van der Waals surface area contributed by atoms with Crippen LogP contribution in [-0.4, -0.2) is 14.5 Å². The zero-order valence-corrected chi connectivity index (χ0v) is 11.7. The van der Waals surface area contributed by atoms with Crippen molar-refractivity contribution in [1.82, 2.24) is 14.5 Å². The van der Waals surface area contributed by atoms with Crippen molar-refractivity contribution in [3.63, 3.8) is 0 Å². The second kappa shape index (κ2) is 4.62. The fraction of sp³-hybridized carbons (Fsp3) is 0.188. The summed E-state index contributed by atoms with van der Waals surface area (Å²) >= 11 is 0. The predicted molar refractivity (Wildman–Crippen MR) is 81.9 cm³/mol. The molecule has 2 N–H and O–H groups in total. The summed E-state index contributed by atoms with van der Waals surface area (Å²) in [5.41, 5.74) is 7.29. The van der Waals surface area contributed by atoms with Crippen LogP contribution in [0.25, 0.3) is 22.2 Å². The van der Waals surface area contributed by atoms with Crippen molar-refractivity contribution in [3.05, 3.63) is 52.7 Å². The van der Waals surface area contributed by atoms with E-state index in [0.29, 0.717) is 16.8 Å². The van der Waals surface area contributed by atoms with E-state index in [1.807, 2.05) is 0 Å². The van der Waals surface area contributed by atoms with Crippen molar-refractivity contribution in [2.45, 2.75) is 18.9 Å². The molecular weight excluding hydrogens is 283 g/mol. The Labute approximate surface area is 125 Å². The molecule has 2 heterocycles. The molecule has 1 aliphatic rings. The highest BCUT2D eigenvalue weighted by atomic mass is 19.1. The molecule has 6 heteroatoms. The third-order valence-electron chi connectivity index (χ3n) is 3.86. The van der Waals surface area contributed by atoms with Crippen LogP contribution in [-0.2, 0) is 0 Å². The Morgan fingerprint density at radius 3 is 2.64 bits per heavy atom. The van der Waals surface area contributed by atoms with Crippen molar-refractivity contribution < 1.29 is 4.39 Å². The second-order valence-corrected chi connectivity index (χ2v) is 5.48. The number of rotatable bonds is 2. The number of hydrogen-bond donors (Lipinski definition) is 1. The molecule has 5 nitrogen and oxygen atoms in total. The van der Waals surface area contributed by atoms with Crippen LogP contribution in [0.4, 0.5) is 10.3 Å². The highest BCUT2D eigenvalue weighted by molar-refractivity contribution is 5.81. The molecule has 0 saturated heterocycles. The summed E-state index contributed by atoms with van der Waals surface area (Å²) in [6.07, 6.45) is 3.51. The Bertz CT molecular complexity index is 929. The molecular formula is C16H13FN4O. The van der Waals surface area contributed by atoms with Gasteiger partial charge >= 0.3 is 0 Å². The molecule has 0 unspecified atom stereocenters. The van der Waals surface area contributed by atoms with E-state index in [9.17, 15) is 9.18 Å². The van der Waals surface area contributed by atoms with Gasteiger partial charge < -0.3 is 5.73 Å². The lowest BCUT2D eigenvalue weighted by Gasteiger charge is -2.11. The van der Waals surface area contributed by atoms with Gasteiger partial charge in [0.25, 0.3) is 5.56 Å². The van der Waals surface area contributed by atoms with Crippen LogP contribution in [0.2, 0.25) is 0 Å². The molecule has 3 aromatic rings. The molecule has 0 spiro atoms. The van der Waals surface area contributed by atoms with E-state index >= 15 is 0 Å². The summed E-state index contributed by atoms with van der Waals surface area (Å²) in [6.45, 7) is 0. The lowest BCUT2D eigenvalue weighted by Crippen LogP contribution is -2.22. The number of halogens is 1. The minimum absolute atomic E-state index is 0.125. The normalized spacial score (nSPS) is 14.4. The third-order valence-corrected chi connectivity index (χ3v) is 3.86. The topological polar surface area (TPSA) is 73.8 Å². The summed E-state index contributed by atoms with van der Waals surface area (Å²) < 4.78 is 14.8. The van der Waals surface area contributed by atoms with E-state index in [-0.39, 0.29) is 23.4 Å². The summed E-state index contributed by atoms with van der Waals surface area (Å²) in [5, 5.41) is 0.750. The standard InChI is InChI=1S/C16H13FN4O/c17-11-3-1-9(2-4-11)13-7-10-8-19-16(18)20-14(10)21(15(13)22)12-5-6-12/h1-4,7-8,12H,5-6H2,(H2,18,19,20). The molecule has 0 bridgehead atoms. The van der Waals surface area contributed by atoms with Gasteiger partial charge in [-0.1, -0.05) is 12.1 Å². The summed E-state index contributed by atoms with van der Waals surface area (Å²) in [4.78, 5) is 21.0. The van der Waals surface area contributed by atoms with Crippen LogP contribution in [0.1, 0.15) is 18.9 Å². The lowest BCUT2D eigenvalue weighted by molar-refractivity contribution is 0.628. The molecule has 0 amide bonds. The van der Waals surface area contributed by atoms with Crippen LogP contribution < -0.4 is 11.3 Å². The lowest BCUT2D eigenvalue weighted by atomic mass is 10.1. The van der Waals surface area contributed by atoms with Crippen molar-refractivity contribution in [2.24, 2.45) is 0 Å². The number of fused-ring (bicyclic) bond motifs is 1. The van der Waals surface area contributed by atoms with E-state index in [2.05, 4.69) is 9.97 Å². The molecule has 0 aliphatic heterocycles. The van der Waals surface area contributed by atoms with Gasteiger partial charge in [-0.25, -0.2) is 9.37 Å². The number of nitrogens with zero attached hydrogens (tertiary/aromatic N) is 3. The van der Waals surface area contributed by atoms with Gasteiger partial charge in [0.2, 0.25) is 5.95 Å². The molecule has 1 aromatic carbocycles. The first-order valence-corrected chi connectivity index (χ1v) is 7.07. The van der Waals surface area contributed by atoms with Gasteiger partial charge in [0.05, 0.1) is 0 Å². The van der Waals surface area contributed by atoms with E-state index in [4.69, 9.17) is 5.73 Å². The van der Waals surface area contributed by atoms with Gasteiger partial charge in [-0.3, -0.25) is 9.36 Å². The average Bonchev–Trinajstić information content (AvgIpc) is 3.32. The number of nitrogen functional groups attached to an aromatic ring is 1. The largest absolute Gasteiger partial charge is 0.368 e. The molecule has 0 atom stereocenters. The minimum Gasteiger partial charge on any atom is -0.368 e. The van der Waals surface area contributed by atoms with Crippen molar-refractivity contribution in [3.8, 4) is 11.1 Å². The molecule has 4 rings (SSSR count). The van der Waals surface area contributed by atoms with Crippen molar-refractivity contribution in [2.75, 3.05) is 5.73 Å². The first-order valence-electron chi connectivity index (χ1n) is 7.07. The zero-order valence-electron chi connectivity index (χ0n) is 11.7. The zero-order chi connectivity index (χ0) is 15.3. The maximum Gasteiger partial charge on any atom is 0.260 e. The van der Waals surface area contributed by atoms with Crippen LogP contribution in [0, 0.1) is 5.82 Å². The monoisotopic (exact) mass is 296 g/mol. The molecule has 1 saturated carbocycles. The first kappa shape index (κ1) is 12.9. The molecule has 0 radical (unpaired) electrons. The number of aromatic nitrogens is 3. The number of nitrogens with two attached hydrogens (primary N) is 1. The Balaban J connectivity index is 2.04. The van der Waals surface area contributed by atoms with E-state index in [0.717, 1.165) is 18.2 Å². The Morgan fingerprint density at radius 2 is 1.95 bits per heavy atom. The van der Waals surface area contributed by atoms with Gasteiger partial charge in [-0.05, 0) is 36.6 Å². The van der Waals surface area contributed by atoms with Crippen molar-refractivity contribution in [1.29, 1.82) is 0 Å². The fourth-order valence-corrected chi connectivity index (χ4v) is 2.64. The van der Waals surface area contributed by atoms with Gasteiger partial charge in [-0.15, -0.1) is 0 Å². The van der Waals surface area contributed by atoms with Crippen LogP contribution in [0.3, 0.4) is 0 Å². The maximum absolute atomic E-state index is 13.1. The highest BCUT2D eigenvalue weighted by Gasteiger charge is 2.28. The number of benzene rings is 1. The first-order chi connectivity index (χ1) is 10.6. The molecule has 22 heavy (non-hydrogen) atoms. The molecule has 1 aliphatic carbocycles. The number of pyridine rings is 1. The van der Waals surface area contributed by atoms with E-state index < -0.39 is 0 Å². The smallest absolute Gasteiger partial charge is 0.260 e. The van der Waals surface area contributed by atoms with Crippen LogP contribution in [0.5, 0.6) is 0 Å². The van der Waals surface area contributed by atoms with Gasteiger partial charge in [0.15, 0.2) is 0 Å². The molecule has 110 valence electrons. The summed E-state index contributed by atoms with van der Waals surface area (Å²) in [6, 6.07) is 7.80. The maximum atomic E-state index is 13.1. The van der Waals surface area contributed by atoms with Gasteiger partial charge in [0.1, 0.15) is 11.5 Å². The van der Waals surface area contributed by atoms with Crippen LogP contribution >= 0.6 is 0 Å². The Hall–Kier alpha value is -2.76. The van der Waals surface area contributed by atoms with Gasteiger partial charge in [0, 0.05) is 23.2 Å².